The Morgan fingerprint density at radius 2 is 2.00 bits per heavy atom. The molecule has 124 valence electrons. The van der Waals surface area contributed by atoms with E-state index < -0.39 is 5.95 Å². The number of nitrogens with zero attached hydrogens (tertiary/aromatic N) is 2. The summed E-state index contributed by atoms with van der Waals surface area (Å²) >= 11 is 12.4. The molecule has 23 heavy (non-hydrogen) atoms. The SMILES string of the molecule is FC1=CC(Cl)=C(c2cc(F)ncc2Cl)N(CC2CCOCC2)C1. The largest absolute Gasteiger partial charge is 0.381 e. The number of ether oxygens (including phenoxy) is 1. The van der Waals surface area contributed by atoms with Crippen LogP contribution >= 0.6 is 23.2 Å². The van der Waals surface area contributed by atoms with Gasteiger partial charge in [-0.25, -0.2) is 9.37 Å². The molecule has 7 heteroatoms. The number of halogens is 4. The zero-order chi connectivity index (χ0) is 16.4. The third-order valence-electron chi connectivity index (χ3n) is 4.06. The summed E-state index contributed by atoms with van der Waals surface area (Å²) in [4.78, 5) is 5.35. The van der Waals surface area contributed by atoms with Crippen molar-refractivity contribution in [2.75, 3.05) is 26.3 Å². The minimum atomic E-state index is -0.651. The molecule has 1 aromatic rings. The van der Waals surface area contributed by atoms with Crippen LogP contribution < -0.4 is 0 Å². The molecule has 0 aliphatic carbocycles. The monoisotopic (exact) mass is 360 g/mol. The van der Waals surface area contributed by atoms with Gasteiger partial charge in [-0.3, -0.25) is 0 Å². The van der Waals surface area contributed by atoms with Gasteiger partial charge in [-0.1, -0.05) is 23.2 Å². The van der Waals surface area contributed by atoms with Gasteiger partial charge in [0.25, 0.3) is 0 Å². The molecule has 3 heterocycles. The van der Waals surface area contributed by atoms with Crippen molar-refractivity contribution in [3.05, 3.63) is 45.7 Å². The fourth-order valence-electron chi connectivity index (χ4n) is 2.95. The van der Waals surface area contributed by atoms with E-state index in [1.165, 1.54) is 18.3 Å². The van der Waals surface area contributed by atoms with Crippen molar-refractivity contribution < 1.29 is 13.5 Å². The molecule has 1 fully saturated rings. The van der Waals surface area contributed by atoms with Crippen molar-refractivity contribution in [1.82, 2.24) is 9.88 Å². The van der Waals surface area contributed by atoms with Gasteiger partial charge in [0, 0.05) is 37.6 Å². The number of hydrogen-bond donors (Lipinski definition) is 0. The van der Waals surface area contributed by atoms with Crippen LogP contribution in [0, 0.1) is 11.9 Å². The fourth-order valence-corrected chi connectivity index (χ4v) is 3.49. The quantitative estimate of drug-likeness (QED) is 0.748. The molecule has 0 amide bonds. The lowest BCUT2D eigenvalue weighted by Crippen LogP contribution is -2.34. The van der Waals surface area contributed by atoms with Gasteiger partial charge in [0.1, 0.15) is 5.83 Å². The molecule has 0 saturated carbocycles. The van der Waals surface area contributed by atoms with Crippen molar-refractivity contribution in [3.63, 3.8) is 0 Å². The van der Waals surface area contributed by atoms with Gasteiger partial charge in [-0.2, -0.15) is 4.39 Å². The number of aromatic nitrogens is 1. The van der Waals surface area contributed by atoms with Gasteiger partial charge in [-0.05, 0) is 24.8 Å². The first-order valence-corrected chi connectivity index (χ1v) is 8.20. The molecule has 3 rings (SSSR count). The molecule has 1 aromatic heterocycles. The number of pyridine rings is 1. The molecule has 0 unspecified atom stereocenters. The van der Waals surface area contributed by atoms with Crippen molar-refractivity contribution >= 4 is 28.9 Å². The van der Waals surface area contributed by atoms with E-state index in [0.717, 1.165) is 12.8 Å². The van der Waals surface area contributed by atoms with Gasteiger partial charge >= 0.3 is 0 Å². The molecular weight excluding hydrogens is 345 g/mol. The molecule has 2 aliphatic rings. The first-order chi connectivity index (χ1) is 11.0. The lowest BCUT2D eigenvalue weighted by atomic mass is 9.98. The molecule has 0 aromatic carbocycles. The van der Waals surface area contributed by atoms with Gasteiger partial charge < -0.3 is 9.64 Å². The average molecular weight is 361 g/mol. The topological polar surface area (TPSA) is 25.4 Å². The summed E-state index contributed by atoms with van der Waals surface area (Å²) in [7, 11) is 0. The minimum Gasteiger partial charge on any atom is -0.381 e. The first kappa shape index (κ1) is 16.7. The highest BCUT2D eigenvalue weighted by atomic mass is 35.5. The summed E-state index contributed by atoms with van der Waals surface area (Å²) in [5.74, 6) is -0.599. The van der Waals surface area contributed by atoms with Gasteiger partial charge in [0.05, 0.1) is 22.3 Å². The third-order valence-corrected chi connectivity index (χ3v) is 4.65. The number of allylic oxidation sites excluding steroid dienone is 2. The summed E-state index contributed by atoms with van der Waals surface area (Å²) in [6, 6.07) is 1.23. The highest BCUT2D eigenvalue weighted by Crippen LogP contribution is 2.36. The summed E-state index contributed by atoms with van der Waals surface area (Å²) in [6.45, 7) is 2.13. The maximum absolute atomic E-state index is 13.9. The fraction of sp³-hybridized carbons (Fsp3) is 0.438. The van der Waals surface area contributed by atoms with E-state index in [1.807, 2.05) is 4.90 Å². The van der Waals surface area contributed by atoms with E-state index in [2.05, 4.69) is 4.98 Å². The maximum Gasteiger partial charge on any atom is 0.213 e. The van der Waals surface area contributed by atoms with Crippen molar-refractivity contribution in [2.24, 2.45) is 5.92 Å². The summed E-state index contributed by atoms with van der Waals surface area (Å²) in [6.07, 6.45) is 4.31. The van der Waals surface area contributed by atoms with Crippen LogP contribution in [-0.4, -0.2) is 36.2 Å². The summed E-state index contributed by atoms with van der Waals surface area (Å²) in [5, 5.41) is 0.501. The van der Waals surface area contributed by atoms with Crippen molar-refractivity contribution in [2.45, 2.75) is 12.8 Å². The second-order valence-corrected chi connectivity index (χ2v) is 6.53. The zero-order valence-electron chi connectivity index (χ0n) is 12.4. The Kier molecular flexibility index (Phi) is 5.19. The van der Waals surface area contributed by atoms with Crippen LogP contribution in [0.4, 0.5) is 8.78 Å². The molecule has 0 N–H and O–H groups in total. The van der Waals surface area contributed by atoms with Crippen LogP contribution in [0.1, 0.15) is 18.4 Å². The highest BCUT2D eigenvalue weighted by Gasteiger charge is 2.27. The third kappa shape index (κ3) is 3.84. The second-order valence-electron chi connectivity index (χ2n) is 5.71. The van der Waals surface area contributed by atoms with Crippen LogP contribution in [0.25, 0.3) is 5.70 Å². The highest BCUT2D eigenvalue weighted by molar-refractivity contribution is 6.36. The Hall–Kier alpha value is -1.17. The lowest BCUT2D eigenvalue weighted by molar-refractivity contribution is 0.0590. The van der Waals surface area contributed by atoms with E-state index in [4.69, 9.17) is 27.9 Å². The van der Waals surface area contributed by atoms with E-state index in [9.17, 15) is 8.78 Å². The van der Waals surface area contributed by atoms with Crippen LogP contribution in [0.15, 0.2) is 29.2 Å². The summed E-state index contributed by atoms with van der Waals surface area (Å²) < 4.78 is 32.8. The van der Waals surface area contributed by atoms with E-state index in [-0.39, 0.29) is 22.4 Å². The van der Waals surface area contributed by atoms with Crippen LogP contribution in [0.3, 0.4) is 0 Å². The van der Waals surface area contributed by atoms with Gasteiger partial charge in [0.2, 0.25) is 5.95 Å². The summed E-state index contributed by atoms with van der Waals surface area (Å²) in [5.41, 5.74) is 0.978. The first-order valence-electron chi connectivity index (χ1n) is 7.44. The van der Waals surface area contributed by atoms with Gasteiger partial charge in [-0.15, -0.1) is 0 Å². The zero-order valence-corrected chi connectivity index (χ0v) is 13.9. The molecule has 1 saturated heterocycles. The van der Waals surface area contributed by atoms with Gasteiger partial charge in [0.15, 0.2) is 0 Å². The van der Waals surface area contributed by atoms with E-state index >= 15 is 0 Å². The average Bonchev–Trinajstić information content (AvgIpc) is 2.51. The smallest absolute Gasteiger partial charge is 0.213 e. The Morgan fingerprint density at radius 1 is 1.26 bits per heavy atom. The van der Waals surface area contributed by atoms with Crippen LogP contribution in [0.2, 0.25) is 5.02 Å². The molecule has 0 spiro atoms. The molecule has 0 radical (unpaired) electrons. The molecular formula is C16H16Cl2F2N2O. The maximum atomic E-state index is 13.9. The molecule has 2 aliphatic heterocycles. The molecule has 0 bridgehead atoms. The van der Waals surface area contributed by atoms with E-state index in [1.54, 1.807) is 0 Å². The Bertz CT molecular complexity index is 657. The predicted octanol–water partition coefficient (Wildman–Crippen LogP) is 4.38. The van der Waals surface area contributed by atoms with Crippen molar-refractivity contribution in [1.29, 1.82) is 0 Å². The molecule has 0 atom stereocenters. The number of hydrogen-bond acceptors (Lipinski definition) is 3. The van der Waals surface area contributed by atoms with Crippen molar-refractivity contribution in [3.8, 4) is 0 Å². The standard InChI is InChI=1S/C16H16Cl2F2N2O/c17-13-5-11(19)9-22(8-10-1-3-23-4-2-10)16(13)12-6-15(20)21-7-14(12)18/h5-7,10H,1-4,8-9H2. The van der Waals surface area contributed by atoms with Crippen LogP contribution in [0.5, 0.6) is 0 Å². The Labute approximate surface area is 143 Å². The minimum absolute atomic E-state index is 0.100. The Morgan fingerprint density at radius 3 is 2.74 bits per heavy atom. The Balaban J connectivity index is 1.94. The normalized spacial score (nSPS) is 20.0. The number of rotatable bonds is 3. The molecule has 3 nitrogen and oxygen atoms in total. The lowest BCUT2D eigenvalue weighted by Gasteiger charge is -2.35. The predicted molar refractivity (Wildman–Crippen MR) is 86.3 cm³/mol. The second kappa shape index (κ2) is 7.16. The van der Waals surface area contributed by atoms with Crippen LogP contribution in [-0.2, 0) is 4.74 Å². The van der Waals surface area contributed by atoms with E-state index in [0.29, 0.717) is 36.9 Å².